The maximum absolute atomic E-state index is 13.3. The number of methoxy groups -OCH3 is 1. The fourth-order valence-corrected chi connectivity index (χ4v) is 3.88. The van der Waals surface area contributed by atoms with Crippen molar-refractivity contribution in [3.63, 3.8) is 0 Å². The molecule has 0 spiro atoms. The van der Waals surface area contributed by atoms with Gasteiger partial charge in [-0.1, -0.05) is 0 Å². The molecule has 0 unspecified atom stereocenters. The van der Waals surface area contributed by atoms with Crippen LogP contribution in [0.4, 0.5) is 4.79 Å². The number of H-pyrrole nitrogens is 1. The molecular weight excluding hydrogens is 418 g/mol. The summed E-state index contributed by atoms with van der Waals surface area (Å²) in [6.07, 6.45) is 1.35. The Kier molecular flexibility index (Phi) is 5.76. The molecule has 0 radical (unpaired) electrons. The summed E-state index contributed by atoms with van der Waals surface area (Å²) < 4.78 is 12.4. The number of nitrogens with zero attached hydrogens (tertiary/aromatic N) is 2. The molecule has 1 N–H and O–H groups in total. The number of aromatic nitrogens is 2. The summed E-state index contributed by atoms with van der Waals surface area (Å²) in [6.45, 7) is 6.13. The van der Waals surface area contributed by atoms with Crippen LogP contribution in [-0.4, -0.2) is 53.1 Å². The van der Waals surface area contributed by atoms with Crippen LogP contribution in [0.25, 0.3) is 21.8 Å². The first-order chi connectivity index (χ1) is 15.6. The third kappa shape index (κ3) is 4.64. The number of hydrogen-bond donors (Lipinski definition) is 1. The van der Waals surface area contributed by atoms with Gasteiger partial charge in [0.1, 0.15) is 11.4 Å². The Morgan fingerprint density at radius 1 is 1.06 bits per heavy atom. The number of aromatic amines is 1. The molecule has 0 saturated heterocycles. The van der Waals surface area contributed by atoms with Crippen molar-refractivity contribution < 1.29 is 19.1 Å². The molecular formula is C26H29N3O4. The summed E-state index contributed by atoms with van der Waals surface area (Å²) in [4.78, 5) is 31.3. The monoisotopic (exact) mass is 447 g/mol. The van der Waals surface area contributed by atoms with Gasteiger partial charge in [0.2, 0.25) is 5.78 Å². The molecule has 0 aliphatic carbocycles. The van der Waals surface area contributed by atoms with Crippen LogP contribution in [0.2, 0.25) is 0 Å². The van der Waals surface area contributed by atoms with Gasteiger partial charge in [-0.25, -0.2) is 4.79 Å². The summed E-state index contributed by atoms with van der Waals surface area (Å²) >= 11 is 0. The van der Waals surface area contributed by atoms with Gasteiger partial charge >= 0.3 is 6.09 Å². The fourth-order valence-electron chi connectivity index (χ4n) is 3.88. The molecule has 4 aromatic rings. The third-order valence-corrected chi connectivity index (χ3v) is 5.30. The van der Waals surface area contributed by atoms with Crippen molar-refractivity contribution in [1.29, 1.82) is 0 Å². The first-order valence-corrected chi connectivity index (χ1v) is 10.8. The van der Waals surface area contributed by atoms with Crippen molar-refractivity contribution in [2.75, 3.05) is 21.2 Å². The van der Waals surface area contributed by atoms with Crippen LogP contribution in [0, 0.1) is 0 Å². The lowest BCUT2D eigenvalue weighted by Crippen LogP contribution is -2.26. The second-order valence-electron chi connectivity index (χ2n) is 9.44. The van der Waals surface area contributed by atoms with E-state index in [-0.39, 0.29) is 5.78 Å². The van der Waals surface area contributed by atoms with Crippen molar-refractivity contribution in [3.8, 4) is 5.75 Å². The molecule has 33 heavy (non-hydrogen) atoms. The molecule has 0 aliphatic rings. The van der Waals surface area contributed by atoms with Crippen LogP contribution in [0.1, 0.15) is 42.4 Å². The Morgan fingerprint density at radius 2 is 1.82 bits per heavy atom. The Bertz CT molecular complexity index is 1360. The molecule has 0 fully saturated rings. The summed E-state index contributed by atoms with van der Waals surface area (Å²) in [5.41, 5.74) is 2.95. The van der Waals surface area contributed by atoms with Crippen LogP contribution >= 0.6 is 0 Å². The molecule has 0 amide bonds. The van der Waals surface area contributed by atoms with E-state index in [1.165, 1.54) is 4.57 Å². The van der Waals surface area contributed by atoms with E-state index in [2.05, 4.69) is 4.98 Å². The van der Waals surface area contributed by atoms with E-state index in [9.17, 15) is 9.59 Å². The molecule has 172 valence electrons. The molecule has 4 rings (SSSR count). The molecule has 2 heterocycles. The van der Waals surface area contributed by atoms with Crippen molar-refractivity contribution in [2.45, 2.75) is 32.9 Å². The first kappa shape index (κ1) is 22.6. The van der Waals surface area contributed by atoms with Gasteiger partial charge in [0, 0.05) is 34.6 Å². The number of nitrogens with one attached hydrogen (secondary N) is 1. The quantitative estimate of drug-likeness (QED) is 0.425. The van der Waals surface area contributed by atoms with Crippen LogP contribution in [0.5, 0.6) is 5.75 Å². The second kappa shape index (κ2) is 8.41. The lowest BCUT2D eigenvalue weighted by molar-refractivity contribution is 0.0544. The topological polar surface area (TPSA) is 76.6 Å². The highest BCUT2D eigenvalue weighted by Crippen LogP contribution is 2.27. The number of carbonyl (C=O) groups excluding carboxylic acids is 2. The van der Waals surface area contributed by atoms with Gasteiger partial charge in [0.25, 0.3) is 0 Å². The van der Waals surface area contributed by atoms with Gasteiger partial charge in [-0.3, -0.25) is 9.36 Å². The average Bonchev–Trinajstić information content (AvgIpc) is 3.32. The Balaban J connectivity index is 1.76. The van der Waals surface area contributed by atoms with E-state index in [0.717, 1.165) is 27.6 Å². The number of rotatable bonds is 5. The minimum atomic E-state index is -0.608. The van der Waals surface area contributed by atoms with Crippen LogP contribution in [0.3, 0.4) is 0 Å². The SMILES string of the molecule is COc1ccc2[nH]c(C(=O)c3ccc4c(c3)c(CN(C)C)cn4C(=O)OC(C)(C)C)cc2c1. The molecule has 0 aliphatic heterocycles. The van der Waals surface area contributed by atoms with Crippen molar-refractivity contribution in [2.24, 2.45) is 0 Å². The van der Waals surface area contributed by atoms with E-state index >= 15 is 0 Å². The number of ketones is 1. The lowest BCUT2D eigenvalue weighted by atomic mass is 10.0. The smallest absolute Gasteiger partial charge is 0.419 e. The highest BCUT2D eigenvalue weighted by Gasteiger charge is 2.22. The van der Waals surface area contributed by atoms with Gasteiger partial charge in [-0.15, -0.1) is 0 Å². The lowest BCUT2D eigenvalue weighted by Gasteiger charge is -2.19. The molecule has 0 atom stereocenters. The third-order valence-electron chi connectivity index (χ3n) is 5.30. The van der Waals surface area contributed by atoms with E-state index in [4.69, 9.17) is 9.47 Å². The number of fused-ring (bicyclic) bond motifs is 2. The molecule has 7 nitrogen and oxygen atoms in total. The molecule has 2 aromatic carbocycles. The summed E-state index contributed by atoms with van der Waals surface area (Å²) in [6, 6.07) is 12.9. The van der Waals surface area contributed by atoms with Gasteiger partial charge < -0.3 is 19.4 Å². The van der Waals surface area contributed by atoms with Gasteiger partial charge in [-0.2, -0.15) is 0 Å². The van der Waals surface area contributed by atoms with Crippen LogP contribution in [-0.2, 0) is 11.3 Å². The zero-order valence-electron chi connectivity index (χ0n) is 19.9. The minimum Gasteiger partial charge on any atom is -0.497 e. The summed E-state index contributed by atoms with van der Waals surface area (Å²) in [5, 5.41) is 1.75. The first-order valence-electron chi connectivity index (χ1n) is 10.8. The van der Waals surface area contributed by atoms with Gasteiger partial charge in [0.15, 0.2) is 0 Å². The highest BCUT2D eigenvalue weighted by molar-refractivity contribution is 6.12. The molecule has 7 heteroatoms. The zero-order valence-corrected chi connectivity index (χ0v) is 19.9. The van der Waals surface area contributed by atoms with E-state index in [1.807, 2.05) is 70.1 Å². The minimum absolute atomic E-state index is 0.118. The summed E-state index contributed by atoms with van der Waals surface area (Å²) in [5.74, 6) is 0.617. The van der Waals surface area contributed by atoms with Gasteiger partial charge in [-0.05, 0) is 82.9 Å². The second-order valence-corrected chi connectivity index (χ2v) is 9.44. The normalized spacial score (nSPS) is 12.0. The summed E-state index contributed by atoms with van der Waals surface area (Å²) in [7, 11) is 5.54. The molecule has 2 aromatic heterocycles. The maximum Gasteiger partial charge on any atom is 0.419 e. The Labute approximate surface area is 192 Å². The van der Waals surface area contributed by atoms with Crippen molar-refractivity contribution in [3.05, 3.63) is 65.5 Å². The number of benzene rings is 2. The Hall–Kier alpha value is -3.58. The van der Waals surface area contributed by atoms with Crippen LogP contribution in [0.15, 0.2) is 48.7 Å². The van der Waals surface area contributed by atoms with E-state index in [1.54, 1.807) is 25.4 Å². The predicted molar refractivity (Wildman–Crippen MR) is 129 cm³/mol. The average molecular weight is 448 g/mol. The highest BCUT2D eigenvalue weighted by atomic mass is 16.6. The zero-order chi connectivity index (χ0) is 23.9. The van der Waals surface area contributed by atoms with Crippen molar-refractivity contribution >= 4 is 33.7 Å². The maximum atomic E-state index is 13.3. The van der Waals surface area contributed by atoms with Crippen molar-refractivity contribution in [1.82, 2.24) is 14.5 Å². The molecule has 0 bridgehead atoms. The predicted octanol–water partition coefficient (Wildman–Crippen LogP) is 5.21. The van der Waals surface area contributed by atoms with E-state index in [0.29, 0.717) is 23.3 Å². The molecule has 0 saturated carbocycles. The largest absolute Gasteiger partial charge is 0.497 e. The number of hydrogen-bond acceptors (Lipinski definition) is 5. The Morgan fingerprint density at radius 3 is 2.48 bits per heavy atom. The van der Waals surface area contributed by atoms with E-state index < -0.39 is 11.7 Å². The standard InChI is InChI=1S/C26H29N3O4/c1-26(2,3)33-25(31)29-15-18(14-28(4)5)20-12-16(7-10-23(20)29)24(30)22-13-17-11-19(32-6)8-9-21(17)27-22/h7-13,15,27H,14H2,1-6H3. The number of ether oxygens (including phenoxy) is 2. The fraction of sp³-hybridized carbons (Fsp3) is 0.308. The van der Waals surface area contributed by atoms with Crippen LogP contribution < -0.4 is 4.74 Å². The number of carbonyl (C=O) groups is 2. The van der Waals surface area contributed by atoms with Gasteiger partial charge in [0.05, 0.1) is 18.3 Å².